The molecule has 0 radical (unpaired) electrons. The predicted molar refractivity (Wildman–Crippen MR) is 104 cm³/mol. The summed E-state index contributed by atoms with van der Waals surface area (Å²) in [5.41, 5.74) is -0.965. The second-order valence-corrected chi connectivity index (χ2v) is 6.62. The Morgan fingerprint density at radius 3 is 2.21 bits per heavy atom. The highest BCUT2D eigenvalue weighted by molar-refractivity contribution is 7.80. The Bertz CT molecular complexity index is 824. The van der Waals surface area contributed by atoms with Crippen LogP contribution in [0.25, 0.3) is 0 Å². The van der Waals surface area contributed by atoms with Crippen molar-refractivity contribution in [3.63, 3.8) is 0 Å². The lowest BCUT2D eigenvalue weighted by atomic mass is 10.1. The standard InChI is InChI=1S/C18H22F5N5S/c1-3-27(4-2)8-5-7-24-18(29)25-12-6-9-28(26-12)10-11-13(19)15(21)17(23)16(22)14(11)20/h6,9H,3-5,7-8,10H2,1-2H3,(H2,24,25,26,29). The maximum absolute atomic E-state index is 13.8. The molecule has 1 aromatic heterocycles. The van der Waals surface area contributed by atoms with Crippen LogP contribution in [0.5, 0.6) is 0 Å². The predicted octanol–water partition coefficient (Wildman–Crippen LogP) is 3.65. The number of hydrogen-bond acceptors (Lipinski definition) is 3. The Morgan fingerprint density at radius 2 is 1.62 bits per heavy atom. The lowest BCUT2D eigenvalue weighted by Crippen LogP contribution is -2.32. The summed E-state index contributed by atoms with van der Waals surface area (Å²) in [4.78, 5) is 2.28. The van der Waals surface area contributed by atoms with Crippen molar-refractivity contribution in [3.05, 3.63) is 46.9 Å². The first kappa shape index (κ1) is 23.0. The van der Waals surface area contributed by atoms with Gasteiger partial charge in [-0.15, -0.1) is 0 Å². The van der Waals surface area contributed by atoms with E-state index in [4.69, 9.17) is 12.2 Å². The fraction of sp³-hybridized carbons (Fsp3) is 0.444. The van der Waals surface area contributed by atoms with Gasteiger partial charge in [0.15, 0.2) is 34.2 Å². The molecule has 0 aliphatic heterocycles. The van der Waals surface area contributed by atoms with Gasteiger partial charge >= 0.3 is 0 Å². The van der Waals surface area contributed by atoms with E-state index in [2.05, 4.69) is 34.5 Å². The van der Waals surface area contributed by atoms with Crippen LogP contribution in [0.15, 0.2) is 12.3 Å². The van der Waals surface area contributed by atoms with Gasteiger partial charge < -0.3 is 15.5 Å². The van der Waals surface area contributed by atoms with Crippen molar-refractivity contribution in [1.29, 1.82) is 0 Å². The zero-order valence-corrected chi connectivity index (χ0v) is 16.9. The first-order chi connectivity index (χ1) is 13.8. The first-order valence-corrected chi connectivity index (χ1v) is 9.50. The molecule has 160 valence electrons. The quantitative estimate of drug-likeness (QED) is 0.207. The van der Waals surface area contributed by atoms with Crippen LogP contribution in [-0.4, -0.2) is 46.0 Å². The van der Waals surface area contributed by atoms with Crippen LogP contribution in [0, 0.1) is 29.1 Å². The van der Waals surface area contributed by atoms with Gasteiger partial charge in [-0.25, -0.2) is 22.0 Å². The Hall–Kier alpha value is -2.27. The minimum atomic E-state index is -2.19. The molecule has 29 heavy (non-hydrogen) atoms. The number of aromatic nitrogens is 2. The summed E-state index contributed by atoms with van der Waals surface area (Å²) >= 11 is 5.15. The molecule has 0 saturated carbocycles. The van der Waals surface area contributed by atoms with Gasteiger partial charge in [0.2, 0.25) is 5.82 Å². The minimum absolute atomic E-state index is 0.273. The van der Waals surface area contributed by atoms with Gasteiger partial charge in [0.05, 0.1) is 12.1 Å². The normalized spacial score (nSPS) is 11.2. The van der Waals surface area contributed by atoms with E-state index in [1.54, 1.807) is 0 Å². The SMILES string of the molecule is CCN(CC)CCCNC(=S)Nc1ccn(Cc2c(F)c(F)c(F)c(F)c2F)n1. The lowest BCUT2D eigenvalue weighted by Gasteiger charge is -2.18. The van der Waals surface area contributed by atoms with Gasteiger partial charge in [0.25, 0.3) is 0 Å². The molecule has 2 N–H and O–H groups in total. The summed E-state index contributed by atoms with van der Waals surface area (Å²) in [7, 11) is 0. The molecule has 5 nitrogen and oxygen atoms in total. The number of nitrogens with zero attached hydrogens (tertiary/aromatic N) is 3. The highest BCUT2D eigenvalue weighted by atomic mass is 32.1. The van der Waals surface area contributed by atoms with Crippen molar-refractivity contribution < 1.29 is 22.0 Å². The van der Waals surface area contributed by atoms with E-state index in [1.807, 2.05) is 0 Å². The molecule has 0 aliphatic rings. The number of anilines is 1. The largest absolute Gasteiger partial charge is 0.362 e. The summed E-state index contributed by atoms with van der Waals surface area (Å²) in [6, 6.07) is 1.47. The molecule has 1 heterocycles. The van der Waals surface area contributed by atoms with Crippen molar-refractivity contribution in [2.24, 2.45) is 0 Å². The van der Waals surface area contributed by atoms with Crippen LogP contribution in [0.3, 0.4) is 0 Å². The van der Waals surface area contributed by atoms with Crippen molar-refractivity contribution in [2.45, 2.75) is 26.8 Å². The molecule has 0 spiro atoms. The number of nitrogens with one attached hydrogen (secondary N) is 2. The first-order valence-electron chi connectivity index (χ1n) is 9.09. The van der Waals surface area contributed by atoms with Crippen molar-refractivity contribution >= 4 is 23.1 Å². The smallest absolute Gasteiger partial charge is 0.200 e. The van der Waals surface area contributed by atoms with Crippen LogP contribution in [0.1, 0.15) is 25.8 Å². The summed E-state index contributed by atoms with van der Waals surface area (Å²) in [6.45, 7) is 7.07. The van der Waals surface area contributed by atoms with Gasteiger partial charge in [-0.1, -0.05) is 13.8 Å². The Morgan fingerprint density at radius 1 is 1.03 bits per heavy atom. The zero-order valence-electron chi connectivity index (χ0n) is 16.0. The molecule has 0 unspecified atom stereocenters. The van der Waals surface area contributed by atoms with Gasteiger partial charge in [-0.3, -0.25) is 4.68 Å². The topological polar surface area (TPSA) is 45.1 Å². The minimum Gasteiger partial charge on any atom is -0.362 e. The Kier molecular flexibility index (Phi) is 8.32. The van der Waals surface area contributed by atoms with E-state index >= 15 is 0 Å². The number of hydrogen-bond donors (Lipinski definition) is 2. The number of rotatable bonds is 9. The fourth-order valence-corrected chi connectivity index (χ4v) is 2.88. The fourth-order valence-electron chi connectivity index (χ4n) is 2.67. The molecule has 1 aromatic carbocycles. The van der Waals surface area contributed by atoms with Crippen LogP contribution in [0.2, 0.25) is 0 Å². The molecule has 0 bridgehead atoms. The van der Waals surface area contributed by atoms with E-state index in [0.717, 1.165) is 30.7 Å². The monoisotopic (exact) mass is 435 g/mol. The molecule has 0 amide bonds. The molecular weight excluding hydrogens is 413 g/mol. The van der Waals surface area contributed by atoms with E-state index in [9.17, 15) is 22.0 Å². The molecule has 11 heteroatoms. The van der Waals surface area contributed by atoms with E-state index in [1.165, 1.54) is 12.3 Å². The molecule has 0 fully saturated rings. The maximum atomic E-state index is 13.8. The van der Waals surface area contributed by atoms with Crippen LogP contribution in [-0.2, 0) is 6.54 Å². The molecule has 0 saturated heterocycles. The number of halogens is 5. The lowest BCUT2D eigenvalue weighted by molar-refractivity contribution is 0.300. The van der Waals surface area contributed by atoms with E-state index in [-0.39, 0.29) is 5.82 Å². The van der Waals surface area contributed by atoms with Crippen LogP contribution < -0.4 is 10.6 Å². The van der Waals surface area contributed by atoms with Crippen LogP contribution >= 0.6 is 12.2 Å². The van der Waals surface area contributed by atoms with Gasteiger partial charge in [-0.2, -0.15) is 5.10 Å². The average Bonchev–Trinajstić information content (AvgIpc) is 3.15. The summed E-state index contributed by atoms with van der Waals surface area (Å²) in [5.74, 6) is -9.65. The van der Waals surface area contributed by atoms with Gasteiger partial charge in [0.1, 0.15) is 0 Å². The van der Waals surface area contributed by atoms with E-state index in [0.29, 0.717) is 11.7 Å². The Labute approximate surface area is 170 Å². The van der Waals surface area contributed by atoms with Crippen molar-refractivity contribution in [2.75, 3.05) is 31.5 Å². The van der Waals surface area contributed by atoms with Crippen molar-refractivity contribution in [3.8, 4) is 0 Å². The van der Waals surface area contributed by atoms with E-state index < -0.39 is 41.2 Å². The average molecular weight is 435 g/mol. The number of thiocarbonyl (C=S) groups is 1. The molecular formula is C18H22F5N5S. The highest BCUT2D eigenvalue weighted by Crippen LogP contribution is 2.23. The summed E-state index contributed by atoms with van der Waals surface area (Å²) in [5, 5.41) is 10.1. The second-order valence-electron chi connectivity index (χ2n) is 6.21. The number of benzene rings is 1. The highest BCUT2D eigenvalue weighted by Gasteiger charge is 2.25. The Balaban J connectivity index is 1.93. The third-order valence-corrected chi connectivity index (χ3v) is 4.58. The second kappa shape index (κ2) is 10.5. The van der Waals surface area contributed by atoms with Crippen LogP contribution in [0.4, 0.5) is 27.8 Å². The third-order valence-electron chi connectivity index (χ3n) is 4.33. The zero-order chi connectivity index (χ0) is 21.6. The third kappa shape index (κ3) is 5.86. The molecule has 0 aliphatic carbocycles. The maximum Gasteiger partial charge on any atom is 0.200 e. The van der Waals surface area contributed by atoms with Gasteiger partial charge in [0, 0.05) is 18.8 Å². The molecule has 2 aromatic rings. The molecule has 0 atom stereocenters. The summed E-state index contributed by atoms with van der Waals surface area (Å²) in [6.07, 6.45) is 2.22. The summed E-state index contributed by atoms with van der Waals surface area (Å²) < 4.78 is 68.3. The van der Waals surface area contributed by atoms with Gasteiger partial charge in [-0.05, 0) is 38.3 Å². The molecule has 2 rings (SSSR count). The van der Waals surface area contributed by atoms with Crippen molar-refractivity contribution in [1.82, 2.24) is 20.0 Å².